The largest absolute Gasteiger partial charge is 0.421 e. The van der Waals surface area contributed by atoms with Gasteiger partial charge in [-0.25, -0.2) is 4.79 Å². The van der Waals surface area contributed by atoms with Crippen molar-refractivity contribution in [2.45, 2.75) is 32.8 Å². The number of esters is 1. The van der Waals surface area contributed by atoms with Crippen molar-refractivity contribution in [3.8, 4) is 5.75 Å². The van der Waals surface area contributed by atoms with Gasteiger partial charge in [0.15, 0.2) is 11.9 Å². The SMILES string of the molecule is CCCCOC(C)C(=O)Oc1c(Cl)cc(Cl)cc1Cl. The van der Waals surface area contributed by atoms with E-state index in [2.05, 4.69) is 0 Å². The minimum absolute atomic E-state index is 0.101. The lowest BCUT2D eigenvalue weighted by molar-refractivity contribution is -0.146. The van der Waals surface area contributed by atoms with Crippen molar-refractivity contribution in [2.75, 3.05) is 6.61 Å². The molecule has 0 spiro atoms. The summed E-state index contributed by atoms with van der Waals surface area (Å²) < 4.78 is 10.5. The smallest absolute Gasteiger partial charge is 0.340 e. The van der Waals surface area contributed by atoms with Crippen molar-refractivity contribution in [3.05, 3.63) is 27.2 Å². The van der Waals surface area contributed by atoms with Crippen LogP contribution in [0.2, 0.25) is 15.1 Å². The Morgan fingerprint density at radius 2 is 1.84 bits per heavy atom. The third kappa shape index (κ3) is 5.19. The molecule has 19 heavy (non-hydrogen) atoms. The topological polar surface area (TPSA) is 35.5 Å². The van der Waals surface area contributed by atoms with Gasteiger partial charge in [0.1, 0.15) is 0 Å². The maximum atomic E-state index is 11.8. The molecule has 0 aromatic heterocycles. The molecular weight excluding hydrogens is 310 g/mol. The summed E-state index contributed by atoms with van der Waals surface area (Å²) in [6.07, 6.45) is 1.21. The maximum Gasteiger partial charge on any atom is 0.340 e. The van der Waals surface area contributed by atoms with Gasteiger partial charge >= 0.3 is 5.97 Å². The van der Waals surface area contributed by atoms with E-state index >= 15 is 0 Å². The van der Waals surface area contributed by atoms with Crippen LogP contribution >= 0.6 is 34.8 Å². The summed E-state index contributed by atoms with van der Waals surface area (Å²) in [6, 6.07) is 2.92. The van der Waals surface area contributed by atoms with Crippen LogP contribution in [0.1, 0.15) is 26.7 Å². The second-order valence-electron chi connectivity index (χ2n) is 3.99. The van der Waals surface area contributed by atoms with Gasteiger partial charge in [-0.15, -0.1) is 0 Å². The van der Waals surface area contributed by atoms with Crippen molar-refractivity contribution < 1.29 is 14.3 Å². The first-order valence-corrected chi connectivity index (χ1v) is 7.07. The predicted molar refractivity (Wildman–Crippen MR) is 77.4 cm³/mol. The van der Waals surface area contributed by atoms with E-state index in [4.69, 9.17) is 44.3 Å². The zero-order chi connectivity index (χ0) is 14.4. The summed E-state index contributed by atoms with van der Waals surface area (Å²) in [6.45, 7) is 4.17. The Labute approximate surface area is 127 Å². The average Bonchev–Trinajstić information content (AvgIpc) is 2.33. The van der Waals surface area contributed by atoms with Gasteiger partial charge in [-0.2, -0.15) is 0 Å². The fourth-order valence-corrected chi connectivity index (χ4v) is 2.18. The van der Waals surface area contributed by atoms with E-state index in [0.29, 0.717) is 11.6 Å². The van der Waals surface area contributed by atoms with E-state index in [1.807, 2.05) is 6.92 Å². The van der Waals surface area contributed by atoms with Crippen molar-refractivity contribution in [2.24, 2.45) is 0 Å². The number of ether oxygens (including phenoxy) is 2. The van der Waals surface area contributed by atoms with Gasteiger partial charge in [0.05, 0.1) is 10.0 Å². The zero-order valence-electron chi connectivity index (χ0n) is 10.7. The Morgan fingerprint density at radius 3 is 2.37 bits per heavy atom. The number of unbranched alkanes of at least 4 members (excludes halogenated alkanes) is 1. The highest BCUT2D eigenvalue weighted by atomic mass is 35.5. The monoisotopic (exact) mass is 324 g/mol. The van der Waals surface area contributed by atoms with Gasteiger partial charge in [-0.3, -0.25) is 0 Å². The molecule has 0 radical (unpaired) electrons. The zero-order valence-corrected chi connectivity index (χ0v) is 13.0. The van der Waals surface area contributed by atoms with Crippen LogP contribution in [0.25, 0.3) is 0 Å². The summed E-state index contributed by atoms with van der Waals surface area (Å²) in [5.41, 5.74) is 0. The maximum absolute atomic E-state index is 11.8. The molecule has 0 bridgehead atoms. The average molecular weight is 326 g/mol. The fraction of sp³-hybridized carbons (Fsp3) is 0.462. The quantitative estimate of drug-likeness (QED) is 0.430. The van der Waals surface area contributed by atoms with Gasteiger partial charge in [-0.05, 0) is 25.5 Å². The van der Waals surface area contributed by atoms with Gasteiger partial charge in [0.2, 0.25) is 0 Å². The van der Waals surface area contributed by atoms with Crippen LogP contribution in [-0.2, 0) is 9.53 Å². The molecule has 0 saturated carbocycles. The second-order valence-corrected chi connectivity index (χ2v) is 5.24. The number of benzene rings is 1. The summed E-state index contributed by atoms with van der Waals surface area (Å²) in [4.78, 5) is 11.8. The third-order valence-electron chi connectivity index (χ3n) is 2.36. The number of hydrogen-bond acceptors (Lipinski definition) is 3. The molecular formula is C13H15Cl3O3. The molecule has 3 nitrogen and oxygen atoms in total. The molecule has 6 heteroatoms. The normalized spacial score (nSPS) is 12.3. The molecule has 1 aromatic carbocycles. The number of halogens is 3. The van der Waals surface area contributed by atoms with Crippen LogP contribution in [0.4, 0.5) is 0 Å². The summed E-state index contributed by atoms with van der Waals surface area (Å²) in [5, 5.41) is 0.750. The minimum atomic E-state index is -0.672. The van der Waals surface area contributed by atoms with E-state index in [1.54, 1.807) is 6.92 Å². The Morgan fingerprint density at radius 1 is 1.26 bits per heavy atom. The number of hydrogen-bond donors (Lipinski definition) is 0. The van der Waals surface area contributed by atoms with Crippen LogP contribution in [0.15, 0.2) is 12.1 Å². The molecule has 0 aliphatic rings. The standard InChI is InChI=1S/C13H15Cl3O3/c1-3-4-5-18-8(2)13(17)19-12-10(15)6-9(14)7-11(12)16/h6-8H,3-5H2,1-2H3. The second kappa shape index (κ2) is 7.95. The van der Waals surface area contributed by atoms with Crippen LogP contribution in [0.3, 0.4) is 0 Å². The molecule has 0 amide bonds. The number of carbonyl (C=O) groups excluding carboxylic acids is 1. The first-order chi connectivity index (χ1) is 8.95. The first-order valence-electron chi connectivity index (χ1n) is 5.93. The van der Waals surface area contributed by atoms with Gasteiger partial charge in [0, 0.05) is 11.6 Å². The molecule has 106 valence electrons. The van der Waals surface area contributed by atoms with Gasteiger partial charge < -0.3 is 9.47 Å². The lowest BCUT2D eigenvalue weighted by Crippen LogP contribution is -2.26. The highest BCUT2D eigenvalue weighted by Gasteiger charge is 2.19. The van der Waals surface area contributed by atoms with Crippen molar-refractivity contribution in [1.82, 2.24) is 0 Å². The molecule has 0 aliphatic carbocycles. The van der Waals surface area contributed by atoms with E-state index in [9.17, 15) is 4.79 Å². The van der Waals surface area contributed by atoms with Crippen LogP contribution in [0, 0.1) is 0 Å². The van der Waals surface area contributed by atoms with E-state index in [1.165, 1.54) is 12.1 Å². The lowest BCUT2D eigenvalue weighted by atomic mass is 10.3. The Hall–Kier alpha value is -0.480. The molecule has 0 heterocycles. The minimum Gasteiger partial charge on any atom is -0.421 e. The lowest BCUT2D eigenvalue weighted by Gasteiger charge is -2.14. The van der Waals surface area contributed by atoms with E-state index < -0.39 is 12.1 Å². The van der Waals surface area contributed by atoms with E-state index in [-0.39, 0.29) is 15.8 Å². The molecule has 0 N–H and O–H groups in total. The van der Waals surface area contributed by atoms with Crippen molar-refractivity contribution in [1.29, 1.82) is 0 Å². The van der Waals surface area contributed by atoms with Crippen LogP contribution in [0.5, 0.6) is 5.75 Å². The van der Waals surface area contributed by atoms with Crippen LogP contribution < -0.4 is 4.74 Å². The Balaban J connectivity index is 2.66. The molecule has 1 rings (SSSR count). The highest BCUT2D eigenvalue weighted by Crippen LogP contribution is 2.36. The molecule has 1 unspecified atom stereocenters. The van der Waals surface area contributed by atoms with Gasteiger partial charge in [-0.1, -0.05) is 48.1 Å². The molecule has 0 aliphatic heterocycles. The van der Waals surface area contributed by atoms with Crippen LogP contribution in [-0.4, -0.2) is 18.7 Å². The summed E-state index contributed by atoms with van der Waals surface area (Å²) in [7, 11) is 0. The molecule has 1 atom stereocenters. The van der Waals surface area contributed by atoms with Gasteiger partial charge in [0.25, 0.3) is 0 Å². The summed E-state index contributed by atoms with van der Waals surface area (Å²) >= 11 is 17.6. The molecule has 0 fully saturated rings. The number of rotatable bonds is 6. The van der Waals surface area contributed by atoms with Crippen molar-refractivity contribution in [3.63, 3.8) is 0 Å². The Kier molecular flexibility index (Phi) is 6.94. The number of carbonyl (C=O) groups is 1. The third-order valence-corrected chi connectivity index (χ3v) is 3.14. The summed E-state index contributed by atoms with van der Waals surface area (Å²) in [5.74, 6) is -0.439. The van der Waals surface area contributed by atoms with Crippen molar-refractivity contribution >= 4 is 40.8 Å². The predicted octanol–water partition coefficient (Wildman–Crippen LogP) is 4.76. The fourth-order valence-electron chi connectivity index (χ4n) is 1.28. The molecule has 0 saturated heterocycles. The first kappa shape index (κ1) is 16.6. The Bertz CT molecular complexity index is 426. The molecule has 1 aromatic rings. The van der Waals surface area contributed by atoms with E-state index in [0.717, 1.165) is 12.8 Å². The highest BCUT2D eigenvalue weighted by molar-refractivity contribution is 6.40.